The molecular formula is C33H37Cl2F2N3O8S. The summed E-state index contributed by atoms with van der Waals surface area (Å²) in [6.45, 7) is 0.838. The van der Waals surface area contributed by atoms with Crippen molar-refractivity contribution in [2.45, 2.75) is 38.5 Å². The van der Waals surface area contributed by atoms with E-state index in [2.05, 4.69) is 14.6 Å². The Balaban J connectivity index is 1.42. The first kappa shape index (κ1) is 37.0. The van der Waals surface area contributed by atoms with Crippen molar-refractivity contribution in [3.05, 3.63) is 81.1 Å². The molecule has 2 fully saturated rings. The van der Waals surface area contributed by atoms with Crippen LogP contribution in [0.15, 0.2) is 48.8 Å². The van der Waals surface area contributed by atoms with Crippen molar-refractivity contribution in [3.63, 3.8) is 0 Å². The number of esters is 1. The maximum atomic E-state index is 13.8. The molecule has 2 aromatic carbocycles. The van der Waals surface area contributed by atoms with Gasteiger partial charge >= 0.3 is 12.6 Å². The van der Waals surface area contributed by atoms with E-state index in [9.17, 15) is 22.0 Å². The number of aromatic nitrogens is 1. The second kappa shape index (κ2) is 17.1. The normalized spacial score (nSPS) is 16.0. The van der Waals surface area contributed by atoms with Gasteiger partial charge in [0, 0.05) is 50.6 Å². The van der Waals surface area contributed by atoms with Crippen LogP contribution in [0.2, 0.25) is 10.0 Å². The van der Waals surface area contributed by atoms with Gasteiger partial charge in [0.25, 0.3) is 0 Å². The molecule has 2 heterocycles. The summed E-state index contributed by atoms with van der Waals surface area (Å²) in [6, 6.07) is 8.93. The molecule has 2 aliphatic rings. The van der Waals surface area contributed by atoms with Crippen molar-refractivity contribution in [1.29, 1.82) is 0 Å². The third-order valence-corrected chi connectivity index (χ3v) is 9.23. The van der Waals surface area contributed by atoms with Crippen molar-refractivity contribution in [1.82, 2.24) is 14.6 Å². The first-order chi connectivity index (χ1) is 23.4. The highest BCUT2D eigenvalue weighted by molar-refractivity contribution is 7.88. The van der Waals surface area contributed by atoms with Gasteiger partial charge in [0.05, 0.1) is 41.7 Å². The SMILES string of the molecule is CS(=O)(=O)NCc1ccc(C(=O)OC(Cc2c(Cl)cncc2Cl)c2ccc(OC(F)F)c(OCC3CC3)c2)cc1OCCN1CCOCC1. The summed E-state index contributed by atoms with van der Waals surface area (Å²) in [7, 11) is -3.51. The Kier molecular flexibility index (Phi) is 12.9. The first-order valence-corrected chi connectivity index (χ1v) is 18.3. The van der Waals surface area contributed by atoms with E-state index >= 15 is 0 Å². The Morgan fingerprint density at radius 2 is 1.78 bits per heavy atom. The average molecular weight is 745 g/mol. The van der Waals surface area contributed by atoms with Crippen LogP contribution in [0, 0.1) is 5.92 Å². The lowest BCUT2D eigenvalue weighted by Gasteiger charge is -2.26. The summed E-state index contributed by atoms with van der Waals surface area (Å²) in [6.07, 6.45) is 4.84. The van der Waals surface area contributed by atoms with Crippen molar-refractivity contribution >= 4 is 39.2 Å². The first-order valence-electron chi connectivity index (χ1n) is 15.7. The zero-order chi connectivity index (χ0) is 35.0. The summed E-state index contributed by atoms with van der Waals surface area (Å²) < 4.78 is 80.6. The van der Waals surface area contributed by atoms with Crippen molar-refractivity contribution < 1.29 is 45.7 Å². The topological polar surface area (TPSA) is 126 Å². The summed E-state index contributed by atoms with van der Waals surface area (Å²) in [4.78, 5) is 19.9. The van der Waals surface area contributed by atoms with E-state index in [1.165, 1.54) is 42.7 Å². The number of carbonyl (C=O) groups excluding carboxylic acids is 1. The second-order valence-electron chi connectivity index (χ2n) is 11.7. The Labute approximate surface area is 293 Å². The number of benzene rings is 2. The highest BCUT2D eigenvalue weighted by Gasteiger charge is 2.27. The van der Waals surface area contributed by atoms with E-state index in [0.717, 1.165) is 32.2 Å². The van der Waals surface area contributed by atoms with Crippen LogP contribution in [0.25, 0.3) is 0 Å². The Morgan fingerprint density at radius 3 is 2.45 bits per heavy atom. The number of alkyl halides is 2. The van der Waals surface area contributed by atoms with E-state index in [1.807, 2.05) is 0 Å². The molecular weight excluding hydrogens is 707 g/mol. The van der Waals surface area contributed by atoms with Gasteiger partial charge in [-0.1, -0.05) is 35.3 Å². The molecule has 1 unspecified atom stereocenters. The zero-order valence-corrected chi connectivity index (χ0v) is 29.0. The number of pyridine rings is 1. The minimum absolute atomic E-state index is 0.0162. The molecule has 49 heavy (non-hydrogen) atoms. The second-order valence-corrected chi connectivity index (χ2v) is 14.4. The third kappa shape index (κ3) is 11.4. The number of rotatable bonds is 17. The van der Waals surface area contributed by atoms with Crippen LogP contribution >= 0.6 is 23.2 Å². The number of halogens is 4. The molecule has 1 saturated carbocycles. The van der Waals surface area contributed by atoms with Gasteiger partial charge in [-0.25, -0.2) is 17.9 Å². The van der Waals surface area contributed by atoms with Crippen LogP contribution in [-0.4, -0.2) is 83.2 Å². The molecule has 1 aromatic heterocycles. The predicted molar refractivity (Wildman–Crippen MR) is 178 cm³/mol. The van der Waals surface area contributed by atoms with Gasteiger partial charge < -0.3 is 23.7 Å². The van der Waals surface area contributed by atoms with Crippen molar-refractivity contribution in [3.8, 4) is 17.2 Å². The molecule has 0 spiro atoms. The molecule has 16 heteroatoms. The summed E-state index contributed by atoms with van der Waals surface area (Å²) in [5.74, 6) is -0.176. The fraction of sp³-hybridized carbons (Fsp3) is 0.455. The molecule has 1 N–H and O–H groups in total. The summed E-state index contributed by atoms with van der Waals surface area (Å²) >= 11 is 12.9. The number of carbonyl (C=O) groups is 1. The lowest BCUT2D eigenvalue weighted by atomic mass is 10.0. The Morgan fingerprint density at radius 1 is 1.04 bits per heavy atom. The van der Waals surface area contributed by atoms with E-state index in [-0.39, 0.29) is 46.7 Å². The Bertz CT molecular complexity index is 1690. The van der Waals surface area contributed by atoms with E-state index in [1.54, 1.807) is 6.07 Å². The van der Waals surface area contributed by atoms with Crippen molar-refractivity contribution in [2.75, 3.05) is 52.3 Å². The fourth-order valence-electron chi connectivity index (χ4n) is 5.05. The molecule has 1 saturated heterocycles. The molecule has 1 aliphatic carbocycles. The van der Waals surface area contributed by atoms with Crippen molar-refractivity contribution in [2.24, 2.45) is 5.92 Å². The minimum atomic E-state index is -3.51. The van der Waals surface area contributed by atoms with Gasteiger partial charge in [-0.15, -0.1) is 0 Å². The average Bonchev–Trinajstić information content (AvgIpc) is 3.89. The molecule has 0 radical (unpaired) electrons. The number of nitrogens with one attached hydrogen (secondary N) is 1. The quantitative estimate of drug-likeness (QED) is 0.173. The molecule has 5 rings (SSSR count). The monoisotopic (exact) mass is 743 g/mol. The maximum absolute atomic E-state index is 13.8. The van der Waals surface area contributed by atoms with Crippen LogP contribution in [0.1, 0.15) is 46.0 Å². The molecule has 1 atom stereocenters. The fourth-order valence-corrected chi connectivity index (χ4v) is 5.98. The van der Waals surface area contributed by atoms with Crippen LogP contribution in [0.4, 0.5) is 8.78 Å². The van der Waals surface area contributed by atoms with Crippen LogP contribution < -0.4 is 18.9 Å². The van der Waals surface area contributed by atoms with Gasteiger partial charge in [-0.3, -0.25) is 9.88 Å². The number of morpholine rings is 1. The molecule has 0 bridgehead atoms. The van der Waals surface area contributed by atoms with Gasteiger partial charge in [-0.05, 0) is 54.2 Å². The van der Waals surface area contributed by atoms with Gasteiger partial charge in [0.1, 0.15) is 18.5 Å². The zero-order valence-electron chi connectivity index (χ0n) is 26.7. The number of hydrogen-bond donors (Lipinski definition) is 1. The number of sulfonamides is 1. The molecule has 0 amide bonds. The van der Waals surface area contributed by atoms with Crippen LogP contribution in [-0.2, 0) is 32.5 Å². The predicted octanol–water partition coefficient (Wildman–Crippen LogP) is 5.68. The van der Waals surface area contributed by atoms with E-state index in [4.69, 9.17) is 46.9 Å². The van der Waals surface area contributed by atoms with E-state index in [0.29, 0.717) is 54.7 Å². The summed E-state index contributed by atoms with van der Waals surface area (Å²) in [5.41, 5.74) is 1.52. The highest BCUT2D eigenvalue weighted by atomic mass is 35.5. The minimum Gasteiger partial charge on any atom is -0.492 e. The largest absolute Gasteiger partial charge is 0.492 e. The third-order valence-electron chi connectivity index (χ3n) is 7.91. The van der Waals surface area contributed by atoms with Gasteiger partial charge in [0.2, 0.25) is 10.0 Å². The number of hydrogen-bond acceptors (Lipinski definition) is 10. The molecule has 266 valence electrons. The lowest BCUT2D eigenvalue weighted by molar-refractivity contribution is -0.0515. The Hall–Kier alpha value is -3.27. The maximum Gasteiger partial charge on any atom is 0.387 e. The van der Waals surface area contributed by atoms with Crippen LogP contribution in [0.3, 0.4) is 0 Å². The highest BCUT2D eigenvalue weighted by Crippen LogP contribution is 2.38. The lowest BCUT2D eigenvalue weighted by Crippen LogP contribution is -2.38. The standard InChI is InChI=1S/C33H37Cl2F2N3O8S/c1-49(42,43)39-17-24-5-4-23(15-29(24)45-13-10-40-8-11-44-12-9-40)32(41)47-30(16-25-26(34)18-38-19-27(25)35)22-6-7-28(48-33(36)37)31(14-22)46-20-21-2-3-21/h4-7,14-15,18-19,21,30,33,39H,2-3,8-13,16-17,20H2,1H3. The molecule has 3 aromatic rings. The van der Waals surface area contributed by atoms with E-state index < -0.39 is 28.7 Å². The van der Waals surface area contributed by atoms with Gasteiger partial charge in [-0.2, -0.15) is 8.78 Å². The van der Waals surface area contributed by atoms with Crippen LogP contribution in [0.5, 0.6) is 17.2 Å². The molecule has 11 nitrogen and oxygen atoms in total. The number of nitrogens with zero attached hydrogens (tertiary/aromatic N) is 2. The van der Waals surface area contributed by atoms with Gasteiger partial charge in [0.15, 0.2) is 11.5 Å². The number of ether oxygens (including phenoxy) is 5. The molecule has 1 aliphatic heterocycles. The summed E-state index contributed by atoms with van der Waals surface area (Å²) in [5, 5.41) is 0.491. The smallest absolute Gasteiger partial charge is 0.387 e.